The molecule has 2 atom stereocenters. The number of halogens is 1. The van der Waals surface area contributed by atoms with E-state index in [4.69, 9.17) is 4.74 Å². The number of rotatable bonds is 3. The van der Waals surface area contributed by atoms with Gasteiger partial charge in [0, 0.05) is 43.3 Å². The van der Waals surface area contributed by atoms with Crippen molar-refractivity contribution >= 4 is 11.6 Å². The van der Waals surface area contributed by atoms with E-state index in [1.165, 1.54) is 6.07 Å². The number of aliphatic hydroxyl groups is 1. The lowest BCUT2D eigenvalue weighted by Crippen LogP contribution is -2.65. The highest BCUT2D eigenvalue weighted by molar-refractivity contribution is 5.95. The normalized spacial score (nSPS) is 28.0. The molecule has 1 saturated carbocycles. The predicted molar refractivity (Wildman–Crippen MR) is 92.2 cm³/mol. The van der Waals surface area contributed by atoms with E-state index < -0.39 is 6.10 Å². The molecule has 0 radical (unpaired) electrons. The molecule has 1 spiro atoms. The van der Waals surface area contributed by atoms with Crippen molar-refractivity contribution in [1.82, 2.24) is 5.32 Å². The number of hydrogen-bond acceptors (Lipinski definition) is 4. The molecule has 3 fully saturated rings. The monoisotopic (exact) mass is 348 g/mol. The molecule has 1 aliphatic carbocycles. The van der Waals surface area contributed by atoms with Gasteiger partial charge in [0.15, 0.2) is 0 Å². The van der Waals surface area contributed by atoms with Crippen LogP contribution in [0.5, 0.6) is 0 Å². The highest BCUT2D eigenvalue weighted by Crippen LogP contribution is 2.49. The smallest absolute Gasteiger partial charge is 0.251 e. The average Bonchev–Trinajstić information content (AvgIpc) is 3.16. The van der Waals surface area contributed by atoms with Crippen molar-refractivity contribution in [2.24, 2.45) is 5.41 Å². The maximum Gasteiger partial charge on any atom is 0.251 e. The summed E-state index contributed by atoms with van der Waals surface area (Å²) in [4.78, 5) is 14.6. The third-order valence-corrected chi connectivity index (χ3v) is 6.20. The molecule has 2 saturated heterocycles. The lowest BCUT2D eigenvalue weighted by molar-refractivity contribution is -0.145. The second-order valence-corrected chi connectivity index (χ2v) is 7.48. The Balaban J connectivity index is 1.45. The fourth-order valence-corrected chi connectivity index (χ4v) is 4.50. The van der Waals surface area contributed by atoms with Crippen LogP contribution in [0, 0.1) is 11.2 Å². The van der Waals surface area contributed by atoms with E-state index in [9.17, 15) is 14.3 Å². The fourth-order valence-electron chi connectivity index (χ4n) is 4.50. The molecule has 0 bridgehead atoms. The summed E-state index contributed by atoms with van der Waals surface area (Å²) in [6.07, 6.45) is 3.83. The van der Waals surface area contributed by atoms with Gasteiger partial charge in [-0.2, -0.15) is 0 Å². The van der Waals surface area contributed by atoms with E-state index >= 15 is 0 Å². The quantitative estimate of drug-likeness (QED) is 0.878. The summed E-state index contributed by atoms with van der Waals surface area (Å²) < 4.78 is 19.8. The standard InChI is InChI=1S/C19H25FN2O3/c20-14-11-13(3-4-15(14)22-7-1-2-8-22)18(24)21-16-12-17(23)19(16)5-9-25-10-6-19/h3-4,11,16-17,23H,1-2,5-10,12H2,(H,21,24)/t16-,17-/m1/s1. The second-order valence-electron chi connectivity index (χ2n) is 7.48. The van der Waals surface area contributed by atoms with Crippen LogP contribution in [-0.4, -0.2) is 49.5 Å². The first-order valence-electron chi connectivity index (χ1n) is 9.21. The Hall–Kier alpha value is -1.66. The number of benzene rings is 1. The van der Waals surface area contributed by atoms with Crippen LogP contribution in [0.25, 0.3) is 0 Å². The largest absolute Gasteiger partial charge is 0.392 e. The summed E-state index contributed by atoms with van der Waals surface area (Å²) in [5, 5.41) is 13.2. The van der Waals surface area contributed by atoms with Crippen LogP contribution in [0.15, 0.2) is 18.2 Å². The molecule has 4 rings (SSSR count). The lowest BCUT2D eigenvalue weighted by atomic mass is 9.58. The molecule has 1 aromatic rings. The van der Waals surface area contributed by atoms with Crippen LogP contribution in [0.1, 0.15) is 42.5 Å². The maximum atomic E-state index is 14.4. The minimum Gasteiger partial charge on any atom is -0.392 e. The first-order chi connectivity index (χ1) is 12.1. The molecule has 1 amide bonds. The van der Waals surface area contributed by atoms with Crippen molar-refractivity contribution in [3.63, 3.8) is 0 Å². The molecule has 6 heteroatoms. The zero-order valence-corrected chi connectivity index (χ0v) is 14.3. The Bertz CT molecular complexity index is 654. The third-order valence-electron chi connectivity index (χ3n) is 6.20. The number of anilines is 1. The summed E-state index contributed by atoms with van der Waals surface area (Å²) in [6.45, 7) is 2.96. The van der Waals surface area contributed by atoms with Gasteiger partial charge in [0.1, 0.15) is 5.82 Å². The van der Waals surface area contributed by atoms with Crippen LogP contribution >= 0.6 is 0 Å². The fraction of sp³-hybridized carbons (Fsp3) is 0.632. The van der Waals surface area contributed by atoms with Crippen LogP contribution in [0.2, 0.25) is 0 Å². The van der Waals surface area contributed by atoms with Gasteiger partial charge in [-0.25, -0.2) is 4.39 Å². The Morgan fingerprint density at radius 2 is 2.00 bits per heavy atom. The first-order valence-corrected chi connectivity index (χ1v) is 9.21. The number of ether oxygens (including phenoxy) is 1. The van der Waals surface area contributed by atoms with Crippen LogP contribution < -0.4 is 10.2 Å². The first kappa shape index (κ1) is 16.8. The minimum absolute atomic E-state index is 0.0692. The number of nitrogens with zero attached hydrogens (tertiary/aromatic N) is 1. The van der Waals surface area contributed by atoms with E-state index in [0.717, 1.165) is 38.8 Å². The zero-order valence-electron chi connectivity index (χ0n) is 14.3. The SMILES string of the molecule is O=C(N[C@@H]1C[C@@H](O)C12CCOCC2)c1ccc(N2CCCC2)c(F)c1. The molecule has 2 heterocycles. The maximum absolute atomic E-state index is 14.4. The second kappa shape index (κ2) is 6.57. The molecule has 0 unspecified atom stereocenters. The summed E-state index contributed by atoms with van der Waals surface area (Å²) in [5.74, 6) is -0.612. The Morgan fingerprint density at radius 1 is 1.28 bits per heavy atom. The van der Waals surface area contributed by atoms with Gasteiger partial charge in [-0.1, -0.05) is 0 Å². The van der Waals surface area contributed by atoms with Gasteiger partial charge in [0.25, 0.3) is 5.91 Å². The predicted octanol–water partition coefficient (Wildman–Crippen LogP) is 2.09. The van der Waals surface area contributed by atoms with Crippen molar-refractivity contribution in [3.8, 4) is 0 Å². The number of amides is 1. The number of nitrogens with one attached hydrogen (secondary N) is 1. The van der Waals surface area contributed by atoms with Crippen LogP contribution in [0.3, 0.4) is 0 Å². The number of aliphatic hydroxyl groups excluding tert-OH is 1. The molecule has 3 aliphatic rings. The van der Waals surface area contributed by atoms with Crippen molar-refractivity contribution in [3.05, 3.63) is 29.6 Å². The van der Waals surface area contributed by atoms with Gasteiger partial charge in [0.2, 0.25) is 0 Å². The highest BCUT2D eigenvalue weighted by atomic mass is 19.1. The molecule has 136 valence electrons. The minimum atomic E-state index is -0.393. The zero-order chi connectivity index (χ0) is 17.4. The molecular weight excluding hydrogens is 323 g/mol. The van der Waals surface area contributed by atoms with Gasteiger partial charge >= 0.3 is 0 Å². The van der Waals surface area contributed by atoms with Crippen molar-refractivity contribution in [2.75, 3.05) is 31.2 Å². The van der Waals surface area contributed by atoms with Gasteiger partial charge < -0.3 is 20.1 Å². The average molecular weight is 348 g/mol. The van der Waals surface area contributed by atoms with Crippen LogP contribution in [-0.2, 0) is 4.74 Å². The van der Waals surface area contributed by atoms with Crippen molar-refractivity contribution in [1.29, 1.82) is 0 Å². The summed E-state index contributed by atoms with van der Waals surface area (Å²) >= 11 is 0. The Labute approximate surface area is 147 Å². The van der Waals surface area contributed by atoms with Gasteiger partial charge in [0.05, 0.1) is 11.8 Å². The van der Waals surface area contributed by atoms with Crippen molar-refractivity contribution in [2.45, 2.75) is 44.2 Å². The van der Waals surface area contributed by atoms with Gasteiger partial charge in [-0.15, -0.1) is 0 Å². The molecule has 1 aromatic carbocycles. The number of carbonyl (C=O) groups excluding carboxylic acids is 1. The third kappa shape index (κ3) is 2.91. The summed E-state index contributed by atoms with van der Waals surface area (Å²) in [6, 6.07) is 4.65. The topological polar surface area (TPSA) is 61.8 Å². The molecule has 2 aliphatic heterocycles. The molecule has 2 N–H and O–H groups in total. The molecular formula is C19H25FN2O3. The van der Waals surface area contributed by atoms with E-state index in [0.29, 0.717) is 30.9 Å². The molecule has 25 heavy (non-hydrogen) atoms. The van der Waals surface area contributed by atoms with Gasteiger partial charge in [-0.3, -0.25) is 4.79 Å². The highest BCUT2D eigenvalue weighted by Gasteiger charge is 2.55. The van der Waals surface area contributed by atoms with Crippen molar-refractivity contribution < 1.29 is 19.0 Å². The Morgan fingerprint density at radius 3 is 2.64 bits per heavy atom. The van der Waals surface area contributed by atoms with E-state index in [1.807, 2.05) is 4.90 Å². The number of carbonyl (C=O) groups is 1. The Kier molecular flexibility index (Phi) is 4.41. The van der Waals surface area contributed by atoms with E-state index in [-0.39, 0.29) is 23.2 Å². The lowest BCUT2D eigenvalue weighted by Gasteiger charge is -2.55. The van der Waals surface area contributed by atoms with E-state index in [1.54, 1.807) is 12.1 Å². The summed E-state index contributed by atoms with van der Waals surface area (Å²) in [5.41, 5.74) is 0.639. The van der Waals surface area contributed by atoms with E-state index in [2.05, 4.69) is 5.32 Å². The molecule has 0 aromatic heterocycles. The van der Waals surface area contributed by atoms with Crippen LogP contribution in [0.4, 0.5) is 10.1 Å². The van der Waals surface area contributed by atoms with Gasteiger partial charge in [-0.05, 0) is 50.3 Å². The summed E-state index contributed by atoms with van der Waals surface area (Å²) in [7, 11) is 0. The molecule has 5 nitrogen and oxygen atoms in total. The number of hydrogen-bond donors (Lipinski definition) is 2.